The summed E-state index contributed by atoms with van der Waals surface area (Å²) < 4.78 is 0. The normalized spacial score (nSPS) is 32.5. The maximum Gasteiger partial charge on any atom is 0.236 e. The standard InChI is InChI=1S/C13H26N2O/c1-8(2)11-6-5-9(3)7-12(11)15-13(16)10(4)14/h8-12H,5-7,14H2,1-4H3,(H,15,16)/t9?,10-,11?,12?/m1/s1. The Labute approximate surface area is 99.2 Å². The molecule has 3 N–H and O–H groups in total. The summed E-state index contributed by atoms with van der Waals surface area (Å²) in [4.78, 5) is 11.6. The molecule has 1 amide bonds. The van der Waals surface area contributed by atoms with Gasteiger partial charge in [0.1, 0.15) is 0 Å². The highest BCUT2D eigenvalue weighted by Crippen LogP contribution is 2.33. The SMILES string of the molecule is CC1CCC(C(C)C)C(NC(=O)[C@@H](C)N)C1. The van der Waals surface area contributed by atoms with Crippen LogP contribution in [0.15, 0.2) is 0 Å². The first-order valence-electron chi connectivity index (χ1n) is 6.47. The average molecular weight is 226 g/mol. The molecule has 1 fully saturated rings. The van der Waals surface area contributed by atoms with Gasteiger partial charge in [-0.25, -0.2) is 0 Å². The second-order valence-corrected chi connectivity index (χ2v) is 5.73. The lowest BCUT2D eigenvalue weighted by molar-refractivity contribution is -0.123. The zero-order chi connectivity index (χ0) is 12.3. The second kappa shape index (κ2) is 5.67. The van der Waals surface area contributed by atoms with Crippen LogP contribution in [0.5, 0.6) is 0 Å². The van der Waals surface area contributed by atoms with Crippen molar-refractivity contribution < 1.29 is 4.79 Å². The molecular weight excluding hydrogens is 200 g/mol. The molecule has 1 aliphatic rings. The molecule has 1 aliphatic carbocycles. The Morgan fingerprint density at radius 1 is 1.31 bits per heavy atom. The van der Waals surface area contributed by atoms with Crippen LogP contribution in [0.25, 0.3) is 0 Å². The highest BCUT2D eigenvalue weighted by atomic mass is 16.2. The van der Waals surface area contributed by atoms with Crippen LogP contribution in [-0.2, 0) is 4.79 Å². The third kappa shape index (κ3) is 3.48. The van der Waals surface area contributed by atoms with Gasteiger partial charge in [-0.15, -0.1) is 0 Å². The number of hydrogen-bond donors (Lipinski definition) is 2. The number of nitrogens with one attached hydrogen (secondary N) is 1. The minimum Gasteiger partial charge on any atom is -0.352 e. The fraction of sp³-hybridized carbons (Fsp3) is 0.923. The number of hydrogen-bond acceptors (Lipinski definition) is 2. The molecule has 0 aromatic carbocycles. The van der Waals surface area contributed by atoms with Crippen molar-refractivity contribution in [3.8, 4) is 0 Å². The molecule has 0 aromatic rings. The van der Waals surface area contributed by atoms with Gasteiger partial charge in [-0.1, -0.05) is 27.2 Å². The van der Waals surface area contributed by atoms with Gasteiger partial charge in [0.05, 0.1) is 6.04 Å². The summed E-state index contributed by atoms with van der Waals surface area (Å²) in [7, 11) is 0. The fourth-order valence-corrected chi connectivity index (χ4v) is 2.68. The van der Waals surface area contributed by atoms with Crippen LogP contribution in [0.3, 0.4) is 0 Å². The third-order valence-electron chi connectivity index (χ3n) is 3.76. The van der Waals surface area contributed by atoms with Crippen LogP contribution in [0.4, 0.5) is 0 Å². The lowest BCUT2D eigenvalue weighted by atomic mass is 9.74. The number of carbonyl (C=O) groups is 1. The number of amides is 1. The Balaban J connectivity index is 2.61. The molecule has 3 heteroatoms. The molecule has 94 valence electrons. The zero-order valence-electron chi connectivity index (χ0n) is 11.0. The van der Waals surface area contributed by atoms with Crippen molar-refractivity contribution in [1.29, 1.82) is 0 Å². The van der Waals surface area contributed by atoms with E-state index in [-0.39, 0.29) is 5.91 Å². The van der Waals surface area contributed by atoms with Crippen molar-refractivity contribution >= 4 is 5.91 Å². The van der Waals surface area contributed by atoms with Gasteiger partial charge in [-0.3, -0.25) is 4.79 Å². The van der Waals surface area contributed by atoms with E-state index in [1.54, 1.807) is 6.92 Å². The monoisotopic (exact) mass is 226 g/mol. The molecule has 0 aliphatic heterocycles. The van der Waals surface area contributed by atoms with Crippen molar-refractivity contribution in [3.63, 3.8) is 0 Å². The molecule has 16 heavy (non-hydrogen) atoms. The fourth-order valence-electron chi connectivity index (χ4n) is 2.68. The maximum absolute atomic E-state index is 11.6. The van der Waals surface area contributed by atoms with Crippen LogP contribution < -0.4 is 11.1 Å². The van der Waals surface area contributed by atoms with Crippen LogP contribution in [0.2, 0.25) is 0 Å². The Kier molecular flexibility index (Phi) is 4.78. The highest BCUT2D eigenvalue weighted by Gasteiger charge is 2.31. The summed E-state index contributed by atoms with van der Waals surface area (Å²) in [6, 6.07) is -0.0766. The molecule has 0 saturated heterocycles. The molecule has 0 spiro atoms. The van der Waals surface area contributed by atoms with E-state index in [0.717, 1.165) is 6.42 Å². The average Bonchev–Trinajstić information content (AvgIpc) is 2.16. The van der Waals surface area contributed by atoms with Gasteiger partial charge in [0, 0.05) is 6.04 Å². The molecule has 0 heterocycles. The molecule has 1 saturated carbocycles. The molecular formula is C13H26N2O. The van der Waals surface area contributed by atoms with Crippen molar-refractivity contribution in [1.82, 2.24) is 5.32 Å². The van der Waals surface area contributed by atoms with Crippen molar-refractivity contribution in [2.75, 3.05) is 0 Å². The largest absolute Gasteiger partial charge is 0.352 e. The van der Waals surface area contributed by atoms with Crippen LogP contribution in [0.1, 0.15) is 47.0 Å². The van der Waals surface area contributed by atoms with Crippen LogP contribution in [0, 0.1) is 17.8 Å². The summed E-state index contributed by atoms with van der Waals surface area (Å²) in [5.41, 5.74) is 5.60. The summed E-state index contributed by atoms with van der Waals surface area (Å²) in [5.74, 6) is 1.95. The summed E-state index contributed by atoms with van der Waals surface area (Å²) >= 11 is 0. The molecule has 3 unspecified atom stereocenters. The molecule has 0 bridgehead atoms. The van der Waals surface area contributed by atoms with E-state index in [0.29, 0.717) is 23.8 Å². The van der Waals surface area contributed by atoms with Crippen LogP contribution in [-0.4, -0.2) is 18.0 Å². The summed E-state index contributed by atoms with van der Waals surface area (Å²) in [6.07, 6.45) is 3.61. The van der Waals surface area contributed by atoms with Gasteiger partial charge in [-0.05, 0) is 37.5 Å². The van der Waals surface area contributed by atoms with Gasteiger partial charge in [0.2, 0.25) is 5.91 Å². The van der Waals surface area contributed by atoms with E-state index in [9.17, 15) is 4.79 Å². The Morgan fingerprint density at radius 2 is 1.94 bits per heavy atom. The second-order valence-electron chi connectivity index (χ2n) is 5.73. The van der Waals surface area contributed by atoms with E-state index >= 15 is 0 Å². The smallest absolute Gasteiger partial charge is 0.236 e. The van der Waals surface area contributed by atoms with E-state index in [1.165, 1.54) is 12.8 Å². The quantitative estimate of drug-likeness (QED) is 0.772. The predicted molar refractivity (Wildman–Crippen MR) is 66.9 cm³/mol. The minimum absolute atomic E-state index is 0.00949. The third-order valence-corrected chi connectivity index (χ3v) is 3.76. The minimum atomic E-state index is -0.398. The lowest BCUT2D eigenvalue weighted by Crippen LogP contribution is -2.50. The summed E-state index contributed by atoms with van der Waals surface area (Å²) in [5, 5.41) is 3.12. The first kappa shape index (κ1) is 13.5. The first-order chi connectivity index (χ1) is 7.41. The zero-order valence-corrected chi connectivity index (χ0v) is 11.0. The molecule has 1 rings (SSSR count). The van der Waals surface area contributed by atoms with Gasteiger partial charge < -0.3 is 11.1 Å². The van der Waals surface area contributed by atoms with Crippen molar-refractivity contribution in [3.05, 3.63) is 0 Å². The van der Waals surface area contributed by atoms with Crippen molar-refractivity contribution in [2.24, 2.45) is 23.5 Å². The number of carbonyl (C=O) groups excluding carboxylic acids is 1. The van der Waals surface area contributed by atoms with E-state index in [2.05, 4.69) is 26.1 Å². The Morgan fingerprint density at radius 3 is 2.44 bits per heavy atom. The van der Waals surface area contributed by atoms with Gasteiger partial charge in [0.25, 0.3) is 0 Å². The molecule has 0 aromatic heterocycles. The topological polar surface area (TPSA) is 55.1 Å². The molecule has 3 nitrogen and oxygen atoms in total. The van der Waals surface area contributed by atoms with E-state index in [1.807, 2.05) is 0 Å². The predicted octanol–water partition coefficient (Wildman–Crippen LogP) is 1.91. The lowest BCUT2D eigenvalue weighted by Gasteiger charge is -2.38. The Hall–Kier alpha value is -0.570. The molecule has 0 radical (unpaired) electrons. The van der Waals surface area contributed by atoms with Gasteiger partial charge >= 0.3 is 0 Å². The first-order valence-corrected chi connectivity index (χ1v) is 6.47. The van der Waals surface area contributed by atoms with Gasteiger partial charge in [0.15, 0.2) is 0 Å². The van der Waals surface area contributed by atoms with Crippen molar-refractivity contribution in [2.45, 2.75) is 59.0 Å². The molecule has 4 atom stereocenters. The van der Waals surface area contributed by atoms with E-state index in [4.69, 9.17) is 5.73 Å². The van der Waals surface area contributed by atoms with E-state index < -0.39 is 6.04 Å². The number of nitrogens with two attached hydrogens (primary N) is 1. The van der Waals surface area contributed by atoms with Crippen LogP contribution >= 0.6 is 0 Å². The summed E-state index contributed by atoms with van der Waals surface area (Å²) in [6.45, 7) is 8.49. The maximum atomic E-state index is 11.6. The Bertz CT molecular complexity index is 238. The highest BCUT2D eigenvalue weighted by molar-refractivity contribution is 5.81. The van der Waals surface area contributed by atoms with Gasteiger partial charge in [-0.2, -0.15) is 0 Å². The number of rotatable bonds is 3.